The van der Waals surface area contributed by atoms with E-state index in [0.29, 0.717) is 36.0 Å². The summed E-state index contributed by atoms with van der Waals surface area (Å²) in [5.74, 6) is -0.484. The van der Waals surface area contributed by atoms with E-state index < -0.39 is 0 Å². The summed E-state index contributed by atoms with van der Waals surface area (Å²) in [5, 5.41) is 10.6. The maximum Gasteiger partial charge on any atom is 0.255 e. The Balaban J connectivity index is 1.54. The molecule has 1 aliphatic heterocycles. The van der Waals surface area contributed by atoms with Gasteiger partial charge in [-0.25, -0.2) is 4.39 Å². The number of nitrogens with one attached hydrogen (secondary N) is 2. The number of aromatic nitrogens is 2. The molecule has 5 nitrogen and oxygen atoms in total. The van der Waals surface area contributed by atoms with Gasteiger partial charge >= 0.3 is 0 Å². The number of carbonyl (C=O) groups is 1. The topological polar surface area (TPSA) is 67.0 Å². The number of rotatable bonds is 5. The van der Waals surface area contributed by atoms with Gasteiger partial charge in [0.2, 0.25) is 0 Å². The van der Waals surface area contributed by atoms with Crippen LogP contribution in [0, 0.1) is 5.82 Å². The van der Waals surface area contributed by atoms with Gasteiger partial charge in [0.15, 0.2) is 0 Å². The number of benzene rings is 2. The molecule has 7 heteroatoms. The Morgan fingerprint density at radius 3 is 2.52 bits per heavy atom. The molecule has 1 saturated heterocycles. The van der Waals surface area contributed by atoms with E-state index in [2.05, 4.69) is 15.5 Å². The average Bonchev–Trinajstić information content (AvgIpc) is 3.24. The van der Waals surface area contributed by atoms with E-state index in [-0.39, 0.29) is 17.1 Å². The van der Waals surface area contributed by atoms with Crippen molar-refractivity contribution in [2.75, 3.05) is 19.8 Å². The van der Waals surface area contributed by atoms with Crippen molar-refractivity contribution in [3.05, 3.63) is 76.7 Å². The van der Waals surface area contributed by atoms with Gasteiger partial charge in [-0.3, -0.25) is 9.89 Å². The highest BCUT2D eigenvalue weighted by atomic mass is 35.5. The smallest absolute Gasteiger partial charge is 0.255 e. The molecule has 0 spiro atoms. The Hall–Kier alpha value is -2.70. The molecule has 1 aliphatic rings. The number of nitrogens with zero attached hydrogens (tertiary/aromatic N) is 1. The van der Waals surface area contributed by atoms with Crippen molar-refractivity contribution in [3.8, 4) is 11.3 Å². The molecule has 1 fully saturated rings. The lowest BCUT2D eigenvalue weighted by molar-refractivity contribution is 0.0487. The van der Waals surface area contributed by atoms with Gasteiger partial charge in [0.25, 0.3) is 5.91 Å². The zero-order valence-corrected chi connectivity index (χ0v) is 16.5. The van der Waals surface area contributed by atoms with Crippen LogP contribution >= 0.6 is 11.6 Å². The van der Waals surface area contributed by atoms with Gasteiger partial charge < -0.3 is 10.1 Å². The lowest BCUT2D eigenvalue weighted by atomic mass is 9.74. The maximum absolute atomic E-state index is 13.4. The third kappa shape index (κ3) is 4.18. The predicted molar refractivity (Wildman–Crippen MR) is 109 cm³/mol. The number of carbonyl (C=O) groups excluding carboxylic acids is 1. The maximum atomic E-state index is 13.4. The van der Waals surface area contributed by atoms with Gasteiger partial charge in [-0.15, -0.1) is 0 Å². The lowest BCUT2D eigenvalue weighted by Gasteiger charge is -2.38. The normalized spacial score (nSPS) is 15.8. The minimum absolute atomic E-state index is 0.211. The quantitative estimate of drug-likeness (QED) is 0.653. The van der Waals surface area contributed by atoms with Crippen molar-refractivity contribution in [1.29, 1.82) is 0 Å². The Bertz CT molecular complexity index is 980. The van der Waals surface area contributed by atoms with E-state index in [0.717, 1.165) is 24.0 Å². The van der Waals surface area contributed by atoms with Crippen molar-refractivity contribution in [2.45, 2.75) is 18.3 Å². The summed E-state index contributed by atoms with van der Waals surface area (Å²) in [6, 6.07) is 13.7. The Morgan fingerprint density at radius 2 is 1.83 bits per heavy atom. The van der Waals surface area contributed by atoms with Gasteiger partial charge in [0, 0.05) is 35.8 Å². The van der Waals surface area contributed by atoms with Crippen LogP contribution in [0.4, 0.5) is 4.39 Å². The van der Waals surface area contributed by atoms with E-state index in [1.807, 2.05) is 12.1 Å². The van der Waals surface area contributed by atoms with Crippen LogP contribution in [0.1, 0.15) is 28.8 Å². The molecule has 1 amide bonds. The van der Waals surface area contributed by atoms with E-state index in [1.165, 1.54) is 18.3 Å². The van der Waals surface area contributed by atoms with E-state index in [4.69, 9.17) is 16.3 Å². The first-order chi connectivity index (χ1) is 14.1. The van der Waals surface area contributed by atoms with E-state index in [9.17, 15) is 9.18 Å². The second-order valence-electron chi connectivity index (χ2n) is 7.25. The number of hydrogen-bond donors (Lipinski definition) is 2. The summed E-state index contributed by atoms with van der Waals surface area (Å²) in [4.78, 5) is 12.9. The molecule has 0 atom stereocenters. The standard InChI is InChI=1S/C22H21ClFN3O2/c23-17-5-1-15(2-6-17)20-19(13-26-27-20)21(28)25-14-22(9-11-29-12-10-22)16-3-7-18(24)8-4-16/h1-8,13H,9-12,14H2,(H,25,28)(H,26,27). The highest BCUT2D eigenvalue weighted by Crippen LogP contribution is 2.34. The number of aromatic amines is 1. The largest absolute Gasteiger partial charge is 0.381 e. The highest BCUT2D eigenvalue weighted by Gasteiger charge is 2.35. The summed E-state index contributed by atoms with van der Waals surface area (Å²) < 4.78 is 18.9. The average molecular weight is 414 g/mol. The Morgan fingerprint density at radius 1 is 1.14 bits per heavy atom. The molecule has 4 rings (SSSR count). The fourth-order valence-corrected chi connectivity index (χ4v) is 3.90. The lowest BCUT2D eigenvalue weighted by Crippen LogP contribution is -2.44. The molecule has 1 aromatic heterocycles. The number of halogens is 2. The molecule has 29 heavy (non-hydrogen) atoms. The van der Waals surface area contributed by atoms with Crippen LogP contribution in [0.15, 0.2) is 54.7 Å². The van der Waals surface area contributed by atoms with Gasteiger partial charge in [-0.1, -0.05) is 35.9 Å². The van der Waals surface area contributed by atoms with Gasteiger partial charge in [0.1, 0.15) is 5.82 Å². The SMILES string of the molecule is O=C(NCC1(c2ccc(F)cc2)CCOCC1)c1cn[nH]c1-c1ccc(Cl)cc1. The fraction of sp³-hybridized carbons (Fsp3) is 0.273. The molecule has 2 heterocycles. The number of hydrogen-bond acceptors (Lipinski definition) is 3. The minimum Gasteiger partial charge on any atom is -0.381 e. The van der Waals surface area contributed by atoms with Crippen LogP contribution in [0.5, 0.6) is 0 Å². The van der Waals surface area contributed by atoms with Crippen molar-refractivity contribution in [2.24, 2.45) is 0 Å². The van der Waals surface area contributed by atoms with Crippen LogP contribution in [0.25, 0.3) is 11.3 Å². The summed E-state index contributed by atoms with van der Waals surface area (Å²) >= 11 is 5.96. The minimum atomic E-state index is -0.286. The highest BCUT2D eigenvalue weighted by molar-refractivity contribution is 6.30. The van der Waals surface area contributed by atoms with Crippen molar-refractivity contribution < 1.29 is 13.9 Å². The van der Waals surface area contributed by atoms with Crippen molar-refractivity contribution >= 4 is 17.5 Å². The van der Waals surface area contributed by atoms with Crippen LogP contribution in [-0.4, -0.2) is 35.9 Å². The number of ether oxygens (including phenoxy) is 1. The van der Waals surface area contributed by atoms with Crippen LogP contribution in [-0.2, 0) is 10.2 Å². The summed E-state index contributed by atoms with van der Waals surface area (Å²) in [6.07, 6.45) is 3.04. The summed E-state index contributed by atoms with van der Waals surface area (Å²) in [7, 11) is 0. The van der Waals surface area contributed by atoms with Crippen LogP contribution in [0.2, 0.25) is 5.02 Å². The van der Waals surface area contributed by atoms with Crippen LogP contribution in [0.3, 0.4) is 0 Å². The molecule has 0 saturated carbocycles. The van der Waals surface area contributed by atoms with Crippen molar-refractivity contribution in [3.63, 3.8) is 0 Å². The first-order valence-electron chi connectivity index (χ1n) is 9.49. The van der Waals surface area contributed by atoms with Gasteiger partial charge in [-0.2, -0.15) is 5.10 Å². The summed E-state index contributed by atoms with van der Waals surface area (Å²) in [6.45, 7) is 1.65. The first kappa shape index (κ1) is 19.6. The van der Waals surface area contributed by atoms with Gasteiger partial charge in [0.05, 0.1) is 17.5 Å². The molecular formula is C22H21ClFN3O2. The third-order valence-electron chi connectivity index (χ3n) is 5.51. The fourth-order valence-electron chi connectivity index (χ4n) is 3.77. The zero-order chi connectivity index (χ0) is 20.3. The van der Waals surface area contributed by atoms with Crippen molar-refractivity contribution in [1.82, 2.24) is 15.5 Å². The van der Waals surface area contributed by atoms with Gasteiger partial charge in [-0.05, 0) is 42.7 Å². The van der Waals surface area contributed by atoms with Crippen LogP contribution < -0.4 is 5.32 Å². The molecule has 2 aromatic carbocycles. The second kappa shape index (κ2) is 8.35. The monoisotopic (exact) mass is 413 g/mol. The number of amides is 1. The third-order valence-corrected chi connectivity index (χ3v) is 5.76. The zero-order valence-electron chi connectivity index (χ0n) is 15.8. The molecular weight excluding hydrogens is 393 g/mol. The predicted octanol–water partition coefficient (Wildman–Crippen LogP) is 4.35. The molecule has 0 radical (unpaired) electrons. The van der Waals surface area contributed by atoms with E-state index >= 15 is 0 Å². The van der Waals surface area contributed by atoms with E-state index in [1.54, 1.807) is 24.3 Å². The molecule has 0 unspecified atom stereocenters. The Labute approximate surface area is 173 Å². The molecule has 150 valence electrons. The number of H-pyrrole nitrogens is 1. The molecule has 0 bridgehead atoms. The molecule has 0 aliphatic carbocycles. The molecule has 2 N–H and O–H groups in total. The Kier molecular flexibility index (Phi) is 5.65. The first-order valence-corrected chi connectivity index (χ1v) is 9.86. The molecule has 3 aromatic rings. The second-order valence-corrected chi connectivity index (χ2v) is 7.68. The summed E-state index contributed by atoms with van der Waals surface area (Å²) in [5.41, 5.74) is 2.66.